The van der Waals surface area contributed by atoms with E-state index in [1.165, 1.54) is 37.3 Å². The number of hydrogen-bond donors (Lipinski definition) is 1. The molecule has 0 saturated heterocycles. The Bertz CT molecular complexity index is 1370. The zero-order chi connectivity index (χ0) is 26.4. The van der Waals surface area contributed by atoms with E-state index in [0.29, 0.717) is 45.5 Å². The van der Waals surface area contributed by atoms with E-state index in [1.807, 2.05) is 12.1 Å². The van der Waals surface area contributed by atoms with E-state index in [9.17, 15) is 9.59 Å². The van der Waals surface area contributed by atoms with Crippen LogP contribution in [0.2, 0.25) is 0 Å². The largest absolute Gasteiger partial charge is 0.495 e. The summed E-state index contributed by atoms with van der Waals surface area (Å²) in [5.41, 5.74) is 2.29. The number of ether oxygens (including phenoxy) is 3. The normalized spacial score (nSPS) is 14.1. The van der Waals surface area contributed by atoms with Gasteiger partial charge in [-0.15, -0.1) is 0 Å². The number of nitrogens with zero attached hydrogens (tertiary/aromatic N) is 2. The number of carbonyl (C=O) groups is 1. The van der Waals surface area contributed by atoms with Crippen LogP contribution in [0.1, 0.15) is 39.0 Å². The standard InChI is InChI=1S/C28H33N3O5S/c1-18(26(32)29-21-12-8-9-13-23(21)34-2)37-28-30-22-17-25(36-4)24(35-3)16-20(22)27(33)31(28)15-14-19-10-6-5-7-11-19/h8-10,12-13,16-18H,5-7,11,14-15H2,1-4H3,(H,29,32). The smallest absolute Gasteiger partial charge is 0.262 e. The Morgan fingerprint density at radius 1 is 1.08 bits per heavy atom. The van der Waals surface area contributed by atoms with Crippen LogP contribution in [-0.4, -0.2) is 42.0 Å². The number of amides is 1. The van der Waals surface area contributed by atoms with Gasteiger partial charge in [0, 0.05) is 12.6 Å². The molecule has 1 aliphatic carbocycles. The molecule has 1 amide bonds. The summed E-state index contributed by atoms with van der Waals surface area (Å²) in [6, 6.07) is 10.6. The minimum Gasteiger partial charge on any atom is -0.495 e. The lowest BCUT2D eigenvalue weighted by atomic mass is 9.97. The maximum absolute atomic E-state index is 13.7. The maximum Gasteiger partial charge on any atom is 0.262 e. The Kier molecular flexibility index (Phi) is 8.76. The third kappa shape index (κ3) is 6.10. The van der Waals surface area contributed by atoms with Crippen molar-refractivity contribution in [1.82, 2.24) is 9.55 Å². The van der Waals surface area contributed by atoms with Crippen molar-refractivity contribution >= 4 is 34.3 Å². The molecule has 0 aliphatic heterocycles. The fourth-order valence-electron chi connectivity index (χ4n) is 4.40. The first-order valence-corrected chi connectivity index (χ1v) is 13.3. The zero-order valence-electron chi connectivity index (χ0n) is 21.7. The van der Waals surface area contributed by atoms with Crippen LogP contribution >= 0.6 is 11.8 Å². The fraction of sp³-hybridized carbons (Fsp3) is 0.393. The van der Waals surface area contributed by atoms with Crippen LogP contribution < -0.4 is 25.1 Å². The molecule has 1 aromatic heterocycles. The molecule has 1 unspecified atom stereocenters. The number of rotatable bonds is 10. The van der Waals surface area contributed by atoms with E-state index in [4.69, 9.17) is 19.2 Å². The average Bonchev–Trinajstić information content (AvgIpc) is 2.93. The lowest BCUT2D eigenvalue weighted by Gasteiger charge is -2.19. The number of fused-ring (bicyclic) bond motifs is 1. The number of allylic oxidation sites excluding steroid dienone is 2. The highest BCUT2D eigenvalue weighted by Crippen LogP contribution is 2.32. The molecular weight excluding hydrogens is 490 g/mol. The maximum atomic E-state index is 13.7. The molecule has 1 aliphatic rings. The average molecular weight is 524 g/mol. The van der Waals surface area contributed by atoms with Crippen LogP contribution in [0.25, 0.3) is 10.9 Å². The predicted octanol–water partition coefficient (Wildman–Crippen LogP) is 5.43. The number of anilines is 1. The fourth-order valence-corrected chi connectivity index (χ4v) is 5.33. The van der Waals surface area contributed by atoms with Gasteiger partial charge in [0.15, 0.2) is 16.7 Å². The van der Waals surface area contributed by atoms with Crippen molar-refractivity contribution in [3.05, 3.63) is 58.4 Å². The zero-order valence-corrected chi connectivity index (χ0v) is 22.5. The van der Waals surface area contributed by atoms with Gasteiger partial charge in [-0.1, -0.05) is 35.5 Å². The lowest BCUT2D eigenvalue weighted by Crippen LogP contribution is -2.27. The summed E-state index contributed by atoms with van der Waals surface area (Å²) < 4.78 is 17.9. The van der Waals surface area contributed by atoms with Gasteiger partial charge in [0.2, 0.25) is 5.91 Å². The molecule has 8 nitrogen and oxygen atoms in total. The van der Waals surface area contributed by atoms with Crippen LogP contribution in [0.5, 0.6) is 17.2 Å². The van der Waals surface area contributed by atoms with Crippen molar-refractivity contribution in [3.63, 3.8) is 0 Å². The van der Waals surface area contributed by atoms with Crippen molar-refractivity contribution in [2.75, 3.05) is 26.6 Å². The second kappa shape index (κ2) is 12.2. The SMILES string of the molecule is COc1ccccc1NC(=O)C(C)Sc1nc2cc(OC)c(OC)cc2c(=O)n1CCC1=CCCCC1. The van der Waals surface area contributed by atoms with Crippen LogP contribution in [0, 0.1) is 0 Å². The molecule has 0 bridgehead atoms. The molecule has 1 atom stereocenters. The molecule has 0 fully saturated rings. The Hall–Kier alpha value is -3.46. The molecule has 0 saturated carbocycles. The Labute approximate surface area is 221 Å². The molecule has 1 N–H and O–H groups in total. The van der Waals surface area contributed by atoms with Crippen LogP contribution in [0.15, 0.2) is 58.0 Å². The molecule has 1 heterocycles. The van der Waals surface area contributed by atoms with Gasteiger partial charge in [-0.3, -0.25) is 14.2 Å². The van der Waals surface area contributed by atoms with E-state index in [2.05, 4.69) is 11.4 Å². The van der Waals surface area contributed by atoms with Crippen molar-refractivity contribution < 1.29 is 19.0 Å². The van der Waals surface area contributed by atoms with Crippen molar-refractivity contribution in [1.29, 1.82) is 0 Å². The van der Waals surface area contributed by atoms with Crippen molar-refractivity contribution in [3.8, 4) is 17.2 Å². The number of para-hydroxylation sites is 2. The second-order valence-corrected chi connectivity index (χ2v) is 10.2. The first-order chi connectivity index (χ1) is 17.9. The van der Waals surface area contributed by atoms with Gasteiger partial charge >= 0.3 is 0 Å². The van der Waals surface area contributed by atoms with E-state index >= 15 is 0 Å². The molecule has 9 heteroatoms. The summed E-state index contributed by atoms with van der Waals surface area (Å²) in [5, 5.41) is 3.34. The Morgan fingerprint density at radius 2 is 1.81 bits per heavy atom. The van der Waals surface area contributed by atoms with E-state index in [0.717, 1.165) is 19.3 Å². The number of thioether (sulfide) groups is 1. The molecule has 4 rings (SSSR count). The van der Waals surface area contributed by atoms with Crippen LogP contribution in [0.3, 0.4) is 0 Å². The summed E-state index contributed by atoms with van der Waals surface area (Å²) >= 11 is 1.26. The lowest BCUT2D eigenvalue weighted by molar-refractivity contribution is -0.115. The molecule has 2 aromatic carbocycles. The van der Waals surface area contributed by atoms with Gasteiger partial charge in [0.1, 0.15) is 5.75 Å². The first kappa shape index (κ1) is 26.6. The molecule has 3 aromatic rings. The molecule has 0 spiro atoms. The van der Waals surface area contributed by atoms with Gasteiger partial charge in [-0.25, -0.2) is 4.98 Å². The summed E-state index contributed by atoms with van der Waals surface area (Å²) in [4.78, 5) is 31.6. The van der Waals surface area contributed by atoms with Gasteiger partial charge in [-0.2, -0.15) is 0 Å². The predicted molar refractivity (Wildman–Crippen MR) is 147 cm³/mol. The molecule has 0 radical (unpaired) electrons. The number of hydrogen-bond acceptors (Lipinski definition) is 7. The minimum atomic E-state index is -0.519. The summed E-state index contributed by atoms with van der Waals surface area (Å²) in [6.07, 6.45) is 7.58. The highest BCUT2D eigenvalue weighted by Gasteiger charge is 2.22. The number of nitrogens with one attached hydrogen (secondary N) is 1. The summed E-state index contributed by atoms with van der Waals surface area (Å²) in [6.45, 7) is 2.29. The number of aromatic nitrogens is 2. The quantitative estimate of drug-likeness (QED) is 0.215. The third-order valence-electron chi connectivity index (χ3n) is 6.48. The van der Waals surface area contributed by atoms with E-state index in [1.54, 1.807) is 50.0 Å². The first-order valence-electron chi connectivity index (χ1n) is 12.4. The van der Waals surface area contributed by atoms with E-state index < -0.39 is 5.25 Å². The third-order valence-corrected chi connectivity index (χ3v) is 7.57. The van der Waals surface area contributed by atoms with Crippen molar-refractivity contribution in [2.24, 2.45) is 0 Å². The molecular formula is C28H33N3O5S. The second-order valence-electron chi connectivity index (χ2n) is 8.88. The van der Waals surface area contributed by atoms with E-state index in [-0.39, 0.29) is 11.5 Å². The molecule has 196 valence electrons. The number of benzene rings is 2. The van der Waals surface area contributed by atoms with Gasteiger partial charge < -0.3 is 19.5 Å². The van der Waals surface area contributed by atoms with Crippen LogP contribution in [0.4, 0.5) is 5.69 Å². The number of carbonyl (C=O) groups excluding carboxylic acids is 1. The van der Waals surface area contributed by atoms with Gasteiger partial charge in [0.05, 0.1) is 43.2 Å². The Morgan fingerprint density at radius 3 is 2.51 bits per heavy atom. The molecule has 37 heavy (non-hydrogen) atoms. The Balaban J connectivity index is 1.68. The van der Waals surface area contributed by atoms with Gasteiger partial charge in [0.25, 0.3) is 5.56 Å². The van der Waals surface area contributed by atoms with Gasteiger partial charge in [-0.05, 0) is 57.2 Å². The summed E-state index contributed by atoms with van der Waals surface area (Å²) in [5.74, 6) is 1.33. The van der Waals surface area contributed by atoms with Crippen LogP contribution in [-0.2, 0) is 11.3 Å². The van der Waals surface area contributed by atoms with Crippen molar-refractivity contribution in [2.45, 2.75) is 56.0 Å². The highest BCUT2D eigenvalue weighted by molar-refractivity contribution is 8.00. The minimum absolute atomic E-state index is 0.165. The monoisotopic (exact) mass is 523 g/mol. The topological polar surface area (TPSA) is 91.7 Å². The summed E-state index contributed by atoms with van der Waals surface area (Å²) in [7, 11) is 4.64. The number of methoxy groups -OCH3 is 3. The highest BCUT2D eigenvalue weighted by atomic mass is 32.2.